The number of β-amino-alcohol motifs (C(OH)–C–C–N with tert-alkyl or cyclic N) is 1. The van der Waals surface area contributed by atoms with Crippen molar-refractivity contribution in [2.24, 2.45) is 0 Å². The number of likely N-dealkylation sites (tertiary alicyclic amines) is 1. The van der Waals surface area contributed by atoms with Gasteiger partial charge in [0, 0.05) is 31.7 Å². The molecule has 112 valence electrons. The third kappa shape index (κ3) is 3.67. The molecule has 2 rings (SSSR count). The summed E-state index contributed by atoms with van der Waals surface area (Å²) in [5, 5.41) is 19.0. The minimum atomic E-state index is -0.163. The molecule has 5 heteroatoms. The molecule has 0 radical (unpaired) electrons. The van der Waals surface area contributed by atoms with E-state index in [1.807, 2.05) is 0 Å². The number of nitrogens with zero attached hydrogens (tertiary/aromatic N) is 2. The molecule has 2 aliphatic heterocycles. The smallest absolute Gasteiger partial charge is 0.134 e. The Labute approximate surface area is 116 Å². The molecule has 19 heavy (non-hydrogen) atoms. The highest BCUT2D eigenvalue weighted by atomic mass is 16.5. The van der Waals surface area contributed by atoms with E-state index in [1.54, 1.807) is 0 Å². The summed E-state index contributed by atoms with van der Waals surface area (Å²) in [5.74, 6) is 0. The van der Waals surface area contributed by atoms with Crippen LogP contribution in [0.15, 0.2) is 0 Å². The topological polar surface area (TPSA) is 56.2 Å². The summed E-state index contributed by atoms with van der Waals surface area (Å²) >= 11 is 0. The molecule has 0 aromatic rings. The normalized spacial score (nSPS) is 35.4. The molecular weight excluding hydrogens is 244 g/mol. The molecule has 3 unspecified atom stereocenters. The van der Waals surface area contributed by atoms with Crippen molar-refractivity contribution in [3.63, 3.8) is 0 Å². The maximum absolute atomic E-state index is 9.59. The number of rotatable bonds is 5. The van der Waals surface area contributed by atoms with Crippen LogP contribution >= 0.6 is 0 Å². The zero-order valence-corrected chi connectivity index (χ0v) is 12.3. The minimum absolute atomic E-state index is 0.0610. The second-order valence-electron chi connectivity index (χ2n) is 6.21. The van der Waals surface area contributed by atoms with Gasteiger partial charge in [-0.15, -0.1) is 0 Å². The maximum atomic E-state index is 9.59. The lowest BCUT2D eigenvalue weighted by molar-refractivity contribution is -0.0484. The van der Waals surface area contributed by atoms with Crippen molar-refractivity contribution in [2.45, 2.75) is 64.1 Å². The zero-order valence-electron chi connectivity index (χ0n) is 12.3. The van der Waals surface area contributed by atoms with E-state index >= 15 is 0 Å². The molecule has 0 bridgehead atoms. The van der Waals surface area contributed by atoms with E-state index in [4.69, 9.17) is 4.74 Å². The van der Waals surface area contributed by atoms with Crippen LogP contribution in [0.4, 0.5) is 0 Å². The number of ether oxygens (including phenoxy) is 1. The Bertz CT molecular complexity index is 288. The standard InChI is InChI=1S/C14H28N2O3/c1-10(2)16-8-13(19-14(16)9-17)6-11(3)15-5-4-12(18)7-15/h10-14,17-18H,4-9H2,1-3H3/t11?,12?,13?,14-/m1/s1. The fraction of sp³-hybridized carbons (Fsp3) is 1.00. The van der Waals surface area contributed by atoms with Gasteiger partial charge in [-0.05, 0) is 33.6 Å². The van der Waals surface area contributed by atoms with E-state index in [2.05, 4.69) is 30.6 Å². The van der Waals surface area contributed by atoms with Crippen LogP contribution in [0.3, 0.4) is 0 Å². The molecule has 2 N–H and O–H groups in total. The van der Waals surface area contributed by atoms with Gasteiger partial charge in [-0.3, -0.25) is 9.80 Å². The van der Waals surface area contributed by atoms with Crippen LogP contribution in [-0.2, 0) is 4.74 Å². The molecule has 0 aliphatic carbocycles. The molecule has 2 aliphatic rings. The molecule has 2 saturated heterocycles. The Kier molecular flexibility index (Phi) is 5.20. The second kappa shape index (κ2) is 6.50. The maximum Gasteiger partial charge on any atom is 0.134 e. The Morgan fingerprint density at radius 1 is 1.26 bits per heavy atom. The van der Waals surface area contributed by atoms with Crippen molar-refractivity contribution in [3.8, 4) is 0 Å². The van der Waals surface area contributed by atoms with E-state index in [-0.39, 0.29) is 25.0 Å². The molecule has 2 fully saturated rings. The number of aliphatic hydroxyl groups is 2. The average Bonchev–Trinajstić information content (AvgIpc) is 2.95. The predicted molar refractivity (Wildman–Crippen MR) is 73.9 cm³/mol. The summed E-state index contributed by atoms with van der Waals surface area (Å²) in [7, 11) is 0. The highest BCUT2D eigenvalue weighted by Gasteiger charge is 2.36. The van der Waals surface area contributed by atoms with Crippen molar-refractivity contribution >= 4 is 0 Å². The van der Waals surface area contributed by atoms with Crippen LogP contribution in [0, 0.1) is 0 Å². The fourth-order valence-corrected chi connectivity index (χ4v) is 3.22. The highest BCUT2D eigenvalue weighted by molar-refractivity contribution is 4.85. The molecule has 4 atom stereocenters. The van der Waals surface area contributed by atoms with Crippen LogP contribution in [-0.4, -0.2) is 76.8 Å². The lowest BCUT2D eigenvalue weighted by Crippen LogP contribution is -2.38. The van der Waals surface area contributed by atoms with Crippen molar-refractivity contribution in [1.29, 1.82) is 0 Å². The average molecular weight is 272 g/mol. The molecule has 0 aromatic heterocycles. The SMILES string of the molecule is CC(CC1CN(C(C)C)[C@@H](CO)O1)N1CCC(O)C1. The summed E-state index contributed by atoms with van der Waals surface area (Å²) in [4.78, 5) is 4.55. The number of hydrogen-bond donors (Lipinski definition) is 2. The van der Waals surface area contributed by atoms with Crippen molar-refractivity contribution in [3.05, 3.63) is 0 Å². The van der Waals surface area contributed by atoms with Gasteiger partial charge in [0.25, 0.3) is 0 Å². The van der Waals surface area contributed by atoms with Crippen LogP contribution in [0.1, 0.15) is 33.6 Å². The first kappa shape index (κ1) is 15.2. The second-order valence-corrected chi connectivity index (χ2v) is 6.21. The van der Waals surface area contributed by atoms with Crippen molar-refractivity contribution in [1.82, 2.24) is 9.80 Å². The molecular formula is C14H28N2O3. The lowest BCUT2D eigenvalue weighted by atomic mass is 10.1. The van der Waals surface area contributed by atoms with Crippen molar-refractivity contribution in [2.75, 3.05) is 26.2 Å². The highest BCUT2D eigenvalue weighted by Crippen LogP contribution is 2.24. The third-order valence-corrected chi connectivity index (χ3v) is 4.38. The minimum Gasteiger partial charge on any atom is -0.392 e. The number of aliphatic hydroxyl groups excluding tert-OH is 2. The molecule has 0 saturated carbocycles. The fourth-order valence-electron chi connectivity index (χ4n) is 3.22. The van der Waals surface area contributed by atoms with Gasteiger partial charge < -0.3 is 14.9 Å². The lowest BCUT2D eigenvalue weighted by Gasteiger charge is -2.26. The summed E-state index contributed by atoms with van der Waals surface area (Å²) in [6.45, 7) is 9.18. The number of hydrogen-bond acceptors (Lipinski definition) is 5. The van der Waals surface area contributed by atoms with Gasteiger partial charge in [-0.1, -0.05) is 0 Å². The summed E-state index contributed by atoms with van der Waals surface area (Å²) in [6.07, 6.45) is 1.72. The van der Waals surface area contributed by atoms with Gasteiger partial charge in [-0.2, -0.15) is 0 Å². The first-order valence-electron chi connectivity index (χ1n) is 7.45. The Morgan fingerprint density at radius 3 is 2.47 bits per heavy atom. The summed E-state index contributed by atoms with van der Waals surface area (Å²) < 4.78 is 5.93. The molecule has 0 aromatic carbocycles. The van der Waals surface area contributed by atoms with Crippen LogP contribution in [0.5, 0.6) is 0 Å². The summed E-state index contributed by atoms with van der Waals surface area (Å²) in [6, 6.07) is 0.819. The Morgan fingerprint density at radius 2 is 2.00 bits per heavy atom. The van der Waals surface area contributed by atoms with E-state index in [1.165, 1.54) is 0 Å². The third-order valence-electron chi connectivity index (χ3n) is 4.38. The Balaban J connectivity index is 1.83. The first-order valence-corrected chi connectivity index (χ1v) is 7.45. The van der Waals surface area contributed by atoms with Crippen molar-refractivity contribution < 1.29 is 14.9 Å². The summed E-state index contributed by atoms with van der Waals surface area (Å²) in [5.41, 5.74) is 0. The van der Waals surface area contributed by atoms with E-state index < -0.39 is 0 Å². The van der Waals surface area contributed by atoms with Crippen LogP contribution < -0.4 is 0 Å². The van der Waals surface area contributed by atoms with Crippen LogP contribution in [0.2, 0.25) is 0 Å². The van der Waals surface area contributed by atoms with Gasteiger partial charge in [0.2, 0.25) is 0 Å². The van der Waals surface area contributed by atoms with Crippen LogP contribution in [0.25, 0.3) is 0 Å². The van der Waals surface area contributed by atoms with Gasteiger partial charge in [0.05, 0.1) is 18.8 Å². The van der Waals surface area contributed by atoms with Gasteiger partial charge in [0.15, 0.2) is 0 Å². The monoisotopic (exact) mass is 272 g/mol. The predicted octanol–water partition coefficient (Wildman–Crippen LogP) is 0.259. The zero-order chi connectivity index (χ0) is 14.0. The quantitative estimate of drug-likeness (QED) is 0.752. The molecule has 5 nitrogen and oxygen atoms in total. The van der Waals surface area contributed by atoms with E-state index in [0.29, 0.717) is 12.1 Å². The van der Waals surface area contributed by atoms with Gasteiger partial charge >= 0.3 is 0 Å². The molecule has 0 spiro atoms. The first-order chi connectivity index (χ1) is 9.01. The van der Waals surface area contributed by atoms with E-state index in [9.17, 15) is 10.2 Å². The van der Waals surface area contributed by atoms with Gasteiger partial charge in [-0.25, -0.2) is 0 Å². The molecule has 0 amide bonds. The molecule has 2 heterocycles. The van der Waals surface area contributed by atoms with Gasteiger partial charge in [0.1, 0.15) is 6.23 Å². The Hall–Kier alpha value is -0.200. The largest absolute Gasteiger partial charge is 0.392 e. The van der Waals surface area contributed by atoms with E-state index in [0.717, 1.165) is 32.5 Å².